The third-order valence-corrected chi connectivity index (χ3v) is 3.37. The molecule has 6 heteroatoms. The molecule has 1 aromatic heterocycles. The molecule has 0 spiro atoms. The highest BCUT2D eigenvalue weighted by Gasteiger charge is 2.21. The van der Waals surface area contributed by atoms with Crippen molar-refractivity contribution in [3.05, 3.63) is 18.1 Å². The van der Waals surface area contributed by atoms with Crippen LogP contribution in [0.4, 0.5) is 5.82 Å². The van der Waals surface area contributed by atoms with Gasteiger partial charge in [0, 0.05) is 19.1 Å². The van der Waals surface area contributed by atoms with Gasteiger partial charge in [-0.1, -0.05) is 0 Å². The molecule has 1 aromatic rings. The van der Waals surface area contributed by atoms with Crippen molar-refractivity contribution < 1.29 is 9.53 Å². The fraction of sp³-hybridized carbons (Fsp3) is 0.615. The van der Waals surface area contributed by atoms with Gasteiger partial charge in [-0.15, -0.1) is 0 Å². The van der Waals surface area contributed by atoms with Crippen LogP contribution in [0.25, 0.3) is 0 Å². The molecule has 1 aliphatic rings. The summed E-state index contributed by atoms with van der Waals surface area (Å²) < 4.78 is 4.62. The Morgan fingerprint density at radius 1 is 1.37 bits per heavy atom. The normalized spacial score (nSPS) is 21.0. The number of hydrogen-bond donors (Lipinski definition) is 0. The minimum absolute atomic E-state index is 0.242. The Morgan fingerprint density at radius 2 is 2.16 bits per heavy atom. The van der Waals surface area contributed by atoms with E-state index in [-0.39, 0.29) is 5.69 Å². The highest BCUT2D eigenvalue weighted by molar-refractivity contribution is 5.86. The predicted molar refractivity (Wildman–Crippen MR) is 72.3 cm³/mol. The molecule has 2 heterocycles. The molecule has 2 rings (SSSR count). The topological polar surface area (TPSA) is 58.6 Å². The van der Waals surface area contributed by atoms with Crippen LogP contribution in [-0.2, 0) is 4.74 Å². The first-order valence-electron chi connectivity index (χ1n) is 6.47. The van der Waals surface area contributed by atoms with Gasteiger partial charge in [-0.05, 0) is 26.9 Å². The standard InChI is InChI=1S/C13H20N4O2/c1-10-9-16(2)5-4-6-17(10)12-8-14-11(7-15-12)13(18)19-3/h7-8,10H,4-6,9H2,1-3H3. The van der Waals surface area contributed by atoms with Gasteiger partial charge in [-0.3, -0.25) is 0 Å². The Labute approximate surface area is 113 Å². The molecule has 0 amide bonds. The molecule has 0 bridgehead atoms. The van der Waals surface area contributed by atoms with E-state index in [2.05, 4.69) is 38.5 Å². The molecule has 6 nitrogen and oxygen atoms in total. The molecular formula is C13H20N4O2. The number of methoxy groups -OCH3 is 1. The highest BCUT2D eigenvalue weighted by atomic mass is 16.5. The second-order valence-electron chi connectivity index (χ2n) is 4.91. The SMILES string of the molecule is COC(=O)c1cnc(N2CCCN(C)CC2C)cn1. The lowest BCUT2D eigenvalue weighted by Gasteiger charge is -2.28. The van der Waals surface area contributed by atoms with Gasteiger partial charge in [0.1, 0.15) is 5.82 Å². The summed E-state index contributed by atoms with van der Waals surface area (Å²) in [4.78, 5) is 24.3. The third kappa shape index (κ3) is 3.20. The molecule has 1 atom stereocenters. The molecule has 1 saturated heterocycles. The highest BCUT2D eigenvalue weighted by Crippen LogP contribution is 2.17. The molecule has 0 aliphatic carbocycles. The average molecular weight is 264 g/mol. The van der Waals surface area contributed by atoms with E-state index in [9.17, 15) is 4.79 Å². The number of aromatic nitrogens is 2. The van der Waals surface area contributed by atoms with Crippen LogP contribution >= 0.6 is 0 Å². The van der Waals surface area contributed by atoms with E-state index >= 15 is 0 Å². The van der Waals surface area contributed by atoms with Gasteiger partial charge in [-0.25, -0.2) is 14.8 Å². The molecule has 0 N–H and O–H groups in total. The van der Waals surface area contributed by atoms with Gasteiger partial charge in [0.2, 0.25) is 0 Å². The van der Waals surface area contributed by atoms with Gasteiger partial charge >= 0.3 is 5.97 Å². The zero-order chi connectivity index (χ0) is 13.8. The molecule has 104 valence electrons. The zero-order valence-electron chi connectivity index (χ0n) is 11.7. The van der Waals surface area contributed by atoms with Crippen molar-refractivity contribution in [2.45, 2.75) is 19.4 Å². The van der Waals surface area contributed by atoms with E-state index in [1.165, 1.54) is 13.3 Å². The number of carbonyl (C=O) groups is 1. The molecule has 19 heavy (non-hydrogen) atoms. The average Bonchev–Trinajstić information content (AvgIpc) is 2.58. The number of esters is 1. The van der Waals surface area contributed by atoms with Crippen LogP contribution in [0.5, 0.6) is 0 Å². The first kappa shape index (κ1) is 13.7. The predicted octanol–water partition coefficient (Wildman–Crippen LogP) is 0.794. The van der Waals surface area contributed by atoms with Crippen LogP contribution in [-0.4, -0.2) is 60.7 Å². The molecule has 0 radical (unpaired) electrons. The van der Waals surface area contributed by atoms with Crippen LogP contribution in [0.3, 0.4) is 0 Å². The molecule has 1 fully saturated rings. The summed E-state index contributed by atoms with van der Waals surface area (Å²) in [7, 11) is 3.47. The van der Waals surface area contributed by atoms with Gasteiger partial charge < -0.3 is 14.5 Å². The summed E-state index contributed by atoms with van der Waals surface area (Å²) >= 11 is 0. The Hall–Kier alpha value is -1.69. The quantitative estimate of drug-likeness (QED) is 0.736. The van der Waals surface area contributed by atoms with E-state index in [1.54, 1.807) is 6.20 Å². The van der Waals surface area contributed by atoms with Crippen LogP contribution in [0.15, 0.2) is 12.4 Å². The molecular weight excluding hydrogens is 244 g/mol. The Bertz CT molecular complexity index is 435. The lowest BCUT2D eigenvalue weighted by Crippen LogP contribution is -2.38. The zero-order valence-corrected chi connectivity index (χ0v) is 11.7. The number of ether oxygens (including phenoxy) is 1. The Balaban J connectivity index is 2.14. The monoisotopic (exact) mass is 264 g/mol. The van der Waals surface area contributed by atoms with Crippen molar-refractivity contribution in [3.63, 3.8) is 0 Å². The van der Waals surface area contributed by atoms with Gasteiger partial charge in [0.25, 0.3) is 0 Å². The number of likely N-dealkylation sites (N-methyl/N-ethyl adjacent to an activating group) is 1. The largest absolute Gasteiger partial charge is 0.464 e. The van der Waals surface area contributed by atoms with Gasteiger partial charge in [-0.2, -0.15) is 0 Å². The minimum Gasteiger partial charge on any atom is -0.464 e. The molecule has 1 aliphatic heterocycles. The summed E-state index contributed by atoms with van der Waals surface area (Å²) in [6.07, 6.45) is 4.22. The second-order valence-corrected chi connectivity index (χ2v) is 4.91. The molecule has 0 aromatic carbocycles. The van der Waals surface area contributed by atoms with E-state index in [1.807, 2.05) is 0 Å². The molecule has 1 unspecified atom stereocenters. The first-order valence-corrected chi connectivity index (χ1v) is 6.47. The first-order chi connectivity index (χ1) is 9.11. The van der Waals surface area contributed by atoms with Crippen molar-refractivity contribution in [2.24, 2.45) is 0 Å². The van der Waals surface area contributed by atoms with Crippen LogP contribution < -0.4 is 4.90 Å². The molecule has 0 saturated carbocycles. The van der Waals surface area contributed by atoms with Crippen molar-refractivity contribution >= 4 is 11.8 Å². The summed E-state index contributed by atoms with van der Waals surface area (Å²) in [5, 5.41) is 0. The number of anilines is 1. The second kappa shape index (κ2) is 5.97. The lowest BCUT2D eigenvalue weighted by molar-refractivity contribution is 0.0593. The van der Waals surface area contributed by atoms with E-state index in [0.717, 1.165) is 31.9 Å². The van der Waals surface area contributed by atoms with E-state index in [0.29, 0.717) is 6.04 Å². The number of carbonyl (C=O) groups excluding carboxylic acids is 1. The van der Waals surface area contributed by atoms with E-state index in [4.69, 9.17) is 0 Å². The van der Waals surface area contributed by atoms with Crippen LogP contribution in [0.2, 0.25) is 0 Å². The summed E-state index contributed by atoms with van der Waals surface area (Å²) in [6, 6.07) is 0.380. The Morgan fingerprint density at radius 3 is 2.79 bits per heavy atom. The minimum atomic E-state index is -0.456. The maximum Gasteiger partial charge on any atom is 0.358 e. The third-order valence-electron chi connectivity index (χ3n) is 3.37. The van der Waals surface area contributed by atoms with Crippen molar-refractivity contribution in [2.75, 3.05) is 38.7 Å². The number of nitrogens with zero attached hydrogens (tertiary/aromatic N) is 4. The maximum atomic E-state index is 11.3. The van der Waals surface area contributed by atoms with Crippen molar-refractivity contribution in [3.8, 4) is 0 Å². The Kier molecular flexibility index (Phi) is 4.31. The summed E-state index contributed by atoms with van der Waals surface area (Å²) in [5.74, 6) is 0.359. The summed E-state index contributed by atoms with van der Waals surface area (Å²) in [6.45, 7) is 5.23. The van der Waals surface area contributed by atoms with Crippen LogP contribution in [0.1, 0.15) is 23.8 Å². The van der Waals surface area contributed by atoms with Crippen molar-refractivity contribution in [1.82, 2.24) is 14.9 Å². The van der Waals surface area contributed by atoms with E-state index < -0.39 is 5.97 Å². The van der Waals surface area contributed by atoms with Crippen molar-refractivity contribution in [1.29, 1.82) is 0 Å². The smallest absolute Gasteiger partial charge is 0.358 e. The van der Waals surface area contributed by atoms with Gasteiger partial charge in [0.05, 0.1) is 19.5 Å². The fourth-order valence-corrected chi connectivity index (χ4v) is 2.39. The number of hydrogen-bond acceptors (Lipinski definition) is 6. The fourth-order valence-electron chi connectivity index (χ4n) is 2.39. The lowest BCUT2D eigenvalue weighted by atomic mass is 10.3. The number of rotatable bonds is 2. The maximum absolute atomic E-state index is 11.3. The van der Waals surface area contributed by atoms with Gasteiger partial charge in [0.15, 0.2) is 5.69 Å². The van der Waals surface area contributed by atoms with Crippen LogP contribution in [0, 0.1) is 0 Å². The summed E-state index contributed by atoms with van der Waals surface area (Å²) in [5.41, 5.74) is 0.242.